The summed E-state index contributed by atoms with van der Waals surface area (Å²) in [6, 6.07) is 9.45. The van der Waals surface area contributed by atoms with E-state index in [0.29, 0.717) is 40.1 Å². The summed E-state index contributed by atoms with van der Waals surface area (Å²) in [7, 11) is 4.25. The molecule has 1 aliphatic carbocycles. The van der Waals surface area contributed by atoms with E-state index in [1.165, 1.54) is 18.9 Å². The van der Waals surface area contributed by atoms with Gasteiger partial charge in [0, 0.05) is 41.2 Å². The zero-order valence-corrected chi connectivity index (χ0v) is 21.2. The molecule has 0 atom stereocenters. The molecule has 1 saturated carbocycles. The lowest BCUT2D eigenvalue weighted by Crippen LogP contribution is -2.31. The first kappa shape index (κ1) is 24.6. The Kier molecular flexibility index (Phi) is 7.54. The van der Waals surface area contributed by atoms with Crippen LogP contribution in [0.5, 0.6) is 0 Å². The Labute approximate surface area is 206 Å². The van der Waals surface area contributed by atoms with Gasteiger partial charge < -0.3 is 10.2 Å². The molecule has 1 heterocycles. The summed E-state index contributed by atoms with van der Waals surface area (Å²) in [5, 5.41) is 5.00. The summed E-state index contributed by atoms with van der Waals surface area (Å²) in [4.78, 5) is 19.6. The fraction of sp³-hybridized carbons (Fsp3) is 0.429. The van der Waals surface area contributed by atoms with Gasteiger partial charge in [-0.25, -0.2) is 4.39 Å². The lowest BCUT2D eigenvalue weighted by atomic mass is 9.85. The molecule has 0 bridgehead atoms. The van der Waals surface area contributed by atoms with Crippen molar-refractivity contribution in [3.05, 3.63) is 58.5 Å². The van der Waals surface area contributed by atoms with E-state index in [9.17, 15) is 9.18 Å². The highest BCUT2D eigenvalue weighted by molar-refractivity contribution is 6.31. The van der Waals surface area contributed by atoms with E-state index < -0.39 is 0 Å². The second kappa shape index (κ2) is 10.4. The van der Waals surface area contributed by atoms with Crippen LogP contribution >= 0.6 is 11.6 Å². The molecular formula is C28H33ClFN3O. The van der Waals surface area contributed by atoms with Gasteiger partial charge in [-0.15, -0.1) is 0 Å². The van der Waals surface area contributed by atoms with Gasteiger partial charge in [-0.05, 0) is 88.0 Å². The van der Waals surface area contributed by atoms with Crippen LogP contribution in [0.2, 0.25) is 5.02 Å². The fourth-order valence-electron chi connectivity index (χ4n) is 4.95. The van der Waals surface area contributed by atoms with Crippen LogP contribution in [0.3, 0.4) is 0 Å². The van der Waals surface area contributed by atoms with Crippen molar-refractivity contribution < 1.29 is 9.18 Å². The Bertz CT molecular complexity index is 1180. The largest absolute Gasteiger partial charge is 0.381 e. The zero-order valence-electron chi connectivity index (χ0n) is 20.4. The monoisotopic (exact) mass is 481 g/mol. The minimum atomic E-state index is -0.330. The molecule has 4 nitrogen and oxygen atoms in total. The third-order valence-electron chi connectivity index (χ3n) is 6.92. The number of pyridine rings is 1. The molecule has 0 aliphatic heterocycles. The second-order valence-corrected chi connectivity index (χ2v) is 10.2. The Morgan fingerprint density at radius 1 is 1.15 bits per heavy atom. The van der Waals surface area contributed by atoms with Gasteiger partial charge in [0.15, 0.2) is 5.78 Å². The van der Waals surface area contributed by atoms with Crippen LogP contribution in [0, 0.1) is 18.7 Å². The smallest absolute Gasteiger partial charge is 0.166 e. The van der Waals surface area contributed by atoms with Crippen molar-refractivity contribution in [3.8, 4) is 11.1 Å². The molecule has 0 spiro atoms. The number of hydrogen-bond donors (Lipinski definition) is 1. The quantitative estimate of drug-likeness (QED) is 0.364. The topological polar surface area (TPSA) is 45.2 Å². The molecule has 3 aromatic rings. The molecule has 0 amide bonds. The van der Waals surface area contributed by atoms with E-state index in [1.54, 1.807) is 19.2 Å². The van der Waals surface area contributed by atoms with Gasteiger partial charge in [-0.3, -0.25) is 9.78 Å². The highest BCUT2D eigenvalue weighted by atomic mass is 35.5. The standard InChI is InChI=1S/C28H33ClFN3O/c1-5-27(34)23-15-31-26-11-8-19(20-13-24(29)17(2)25(30)14-20)12-22(26)28(23)32-21-9-6-18(7-10-21)16-33(3)4/h8,11-15,18,21H,5-7,9-10,16H2,1-4H3,(H,31,32)/t18-,21-. The first-order chi connectivity index (χ1) is 16.3. The summed E-state index contributed by atoms with van der Waals surface area (Å²) in [6.07, 6.45) is 6.58. The summed E-state index contributed by atoms with van der Waals surface area (Å²) in [5.41, 5.74) is 4.25. The fourth-order valence-corrected chi connectivity index (χ4v) is 5.16. The number of anilines is 1. The minimum Gasteiger partial charge on any atom is -0.381 e. The lowest BCUT2D eigenvalue weighted by Gasteiger charge is -2.32. The second-order valence-electron chi connectivity index (χ2n) is 9.74. The van der Waals surface area contributed by atoms with Crippen molar-refractivity contribution in [2.24, 2.45) is 5.92 Å². The van der Waals surface area contributed by atoms with E-state index in [0.717, 1.165) is 41.5 Å². The van der Waals surface area contributed by atoms with Crippen LogP contribution < -0.4 is 5.32 Å². The van der Waals surface area contributed by atoms with E-state index in [-0.39, 0.29) is 11.6 Å². The van der Waals surface area contributed by atoms with Crippen LogP contribution in [0.15, 0.2) is 36.5 Å². The highest BCUT2D eigenvalue weighted by Crippen LogP contribution is 2.35. The minimum absolute atomic E-state index is 0.0630. The van der Waals surface area contributed by atoms with E-state index >= 15 is 0 Å². The maximum Gasteiger partial charge on any atom is 0.166 e. The summed E-state index contributed by atoms with van der Waals surface area (Å²) in [5.74, 6) is 0.447. The van der Waals surface area contributed by atoms with Crippen LogP contribution in [0.4, 0.5) is 10.1 Å². The van der Waals surface area contributed by atoms with Gasteiger partial charge in [-0.1, -0.05) is 24.6 Å². The average molecular weight is 482 g/mol. The van der Waals surface area contributed by atoms with E-state index in [2.05, 4.69) is 29.3 Å². The Morgan fingerprint density at radius 2 is 1.88 bits per heavy atom. The Balaban J connectivity index is 1.72. The van der Waals surface area contributed by atoms with E-state index in [4.69, 9.17) is 11.6 Å². The highest BCUT2D eigenvalue weighted by Gasteiger charge is 2.24. The first-order valence-corrected chi connectivity index (χ1v) is 12.5. The van der Waals surface area contributed by atoms with Crippen molar-refractivity contribution in [2.75, 3.05) is 26.0 Å². The number of hydrogen-bond acceptors (Lipinski definition) is 4. The molecule has 180 valence electrons. The van der Waals surface area contributed by atoms with Crippen molar-refractivity contribution in [1.82, 2.24) is 9.88 Å². The van der Waals surface area contributed by atoms with Crippen molar-refractivity contribution in [3.63, 3.8) is 0 Å². The zero-order chi connectivity index (χ0) is 24.4. The molecule has 0 saturated heterocycles. The number of nitrogens with one attached hydrogen (secondary N) is 1. The SMILES string of the molecule is CCC(=O)c1cnc2ccc(-c3cc(F)c(C)c(Cl)c3)cc2c1N[C@H]1CC[C@H](CN(C)C)CC1. The van der Waals surface area contributed by atoms with Gasteiger partial charge in [-0.2, -0.15) is 0 Å². The number of carbonyl (C=O) groups excluding carboxylic acids is 1. The van der Waals surface area contributed by atoms with Gasteiger partial charge in [0.05, 0.1) is 16.8 Å². The number of aromatic nitrogens is 1. The normalized spacial score (nSPS) is 18.4. The summed E-state index contributed by atoms with van der Waals surface area (Å²) >= 11 is 6.26. The first-order valence-electron chi connectivity index (χ1n) is 12.1. The molecular weight excluding hydrogens is 449 g/mol. The number of fused-ring (bicyclic) bond motifs is 1. The molecule has 1 aromatic heterocycles. The van der Waals surface area contributed by atoms with Crippen LogP contribution in [-0.2, 0) is 0 Å². The van der Waals surface area contributed by atoms with Crippen molar-refractivity contribution in [1.29, 1.82) is 0 Å². The maximum atomic E-state index is 14.4. The molecule has 1 aliphatic rings. The van der Waals surface area contributed by atoms with Gasteiger partial charge in [0.25, 0.3) is 0 Å². The number of ketones is 1. The summed E-state index contributed by atoms with van der Waals surface area (Å²) < 4.78 is 14.4. The summed E-state index contributed by atoms with van der Waals surface area (Å²) in [6.45, 7) is 4.66. The van der Waals surface area contributed by atoms with Crippen molar-refractivity contribution >= 4 is 34.0 Å². The molecule has 1 fully saturated rings. The van der Waals surface area contributed by atoms with Crippen LogP contribution in [0.1, 0.15) is 54.9 Å². The molecule has 0 radical (unpaired) electrons. The molecule has 4 rings (SSSR count). The van der Waals surface area contributed by atoms with Crippen LogP contribution in [0.25, 0.3) is 22.0 Å². The number of benzene rings is 2. The van der Waals surface area contributed by atoms with Gasteiger partial charge in [0.2, 0.25) is 0 Å². The average Bonchev–Trinajstić information content (AvgIpc) is 2.82. The van der Waals surface area contributed by atoms with Crippen LogP contribution in [-0.4, -0.2) is 42.3 Å². The number of rotatable bonds is 7. The number of carbonyl (C=O) groups is 1. The third kappa shape index (κ3) is 5.26. The van der Waals surface area contributed by atoms with Gasteiger partial charge >= 0.3 is 0 Å². The molecule has 34 heavy (non-hydrogen) atoms. The predicted octanol–water partition coefficient (Wildman–Crippen LogP) is 7.13. The molecule has 2 aromatic carbocycles. The molecule has 0 unspecified atom stereocenters. The third-order valence-corrected chi connectivity index (χ3v) is 7.31. The maximum absolute atomic E-state index is 14.4. The Morgan fingerprint density at radius 3 is 2.53 bits per heavy atom. The number of nitrogens with zero attached hydrogens (tertiary/aromatic N) is 2. The molecule has 6 heteroatoms. The van der Waals surface area contributed by atoms with Gasteiger partial charge in [0.1, 0.15) is 5.82 Å². The number of Topliss-reactive ketones (excluding diaryl/α,β-unsaturated/α-hetero) is 1. The molecule has 1 N–H and O–H groups in total. The van der Waals surface area contributed by atoms with Crippen molar-refractivity contribution in [2.45, 2.75) is 52.0 Å². The lowest BCUT2D eigenvalue weighted by molar-refractivity contribution is 0.0988. The van der Waals surface area contributed by atoms with E-state index in [1.807, 2.05) is 25.1 Å². The predicted molar refractivity (Wildman–Crippen MR) is 139 cm³/mol. The Hall–Kier alpha value is -2.50. The number of halogens is 2.